The number of nitriles is 1. The van der Waals surface area contributed by atoms with Crippen LogP contribution in [0.4, 0.5) is 8.78 Å². The second kappa shape index (κ2) is 5.47. The average Bonchev–Trinajstić information content (AvgIpc) is 2.81. The van der Waals surface area contributed by atoms with Crippen LogP contribution in [0, 0.1) is 16.7 Å². The van der Waals surface area contributed by atoms with E-state index in [1.807, 2.05) is 0 Å². The molecule has 1 saturated carbocycles. The van der Waals surface area contributed by atoms with Crippen molar-refractivity contribution in [3.8, 4) is 6.07 Å². The minimum Gasteiger partial charge on any atom is -0.374 e. The number of rotatable bonds is 4. The van der Waals surface area contributed by atoms with E-state index in [2.05, 4.69) is 6.07 Å². The third-order valence-corrected chi connectivity index (χ3v) is 3.64. The molecule has 2 fully saturated rings. The van der Waals surface area contributed by atoms with Crippen molar-refractivity contribution in [2.24, 2.45) is 5.41 Å². The van der Waals surface area contributed by atoms with Crippen LogP contribution in [0.25, 0.3) is 0 Å². The Kier molecular flexibility index (Phi) is 4.15. The molecule has 0 aromatic heterocycles. The smallest absolute Gasteiger partial charge is 0.261 e. The zero-order chi connectivity index (χ0) is 13.1. The number of ether oxygens (including phenoxy) is 3. The highest BCUT2D eigenvalue weighted by Gasteiger charge is 2.46. The van der Waals surface area contributed by atoms with Gasteiger partial charge in [0.15, 0.2) is 5.79 Å². The number of hydrogen-bond acceptors (Lipinski definition) is 4. The zero-order valence-electron chi connectivity index (χ0n) is 10.2. The van der Waals surface area contributed by atoms with Crippen molar-refractivity contribution in [1.29, 1.82) is 5.26 Å². The van der Waals surface area contributed by atoms with Crippen molar-refractivity contribution in [3.63, 3.8) is 0 Å². The fraction of sp³-hybridized carbons (Fsp3) is 0.917. The summed E-state index contributed by atoms with van der Waals surface area (Å²) in [5.41, 5.74) is -0.671. The van der Waals surface area contributed by atoms with Gasteiger partial charge in [0.05, 0.1) is 31.3 Å². The SMILES string of the molecule is N#CC1(COCC(F)F)CCC2(CC1)OCCO2. The third kappa shape index (κ3) is 2.97. The van der Waals surface area contributed by atoms with Crippen LogP contribution in [-0.4, -0.2) is 38.6 Å². The molecule has 4 nitrogen and oxygen atoms in total. The van der Waals surface area contributed by atoms with Gasteiger partial charge in [-0.3, -0.25) is 0 Å². The maximum Gasteiger partial charge on any atom is 0.261 e. The molecular formula is C12H17F2NO3. The summed E-state index contributed by atoms with van der Waals surface area (Å²) in [5, 5.41) is 9.24. The Morgan fingerprint density at radius 3 is 2.28 bits per heavy atom. The van der Waals surface area contributed by atoms with E-state index in [0.29, 0.717) is 38.9 Å². The molecule has 1 aliphatic heterocycles. The summed E-state index contributed by atoms with van der Waals surface area (Å²) in [6.45, 7) is 0.619. The third-order valence-electron chi connectivity index (χ3n) is 3.64. The molecule has 102 valence electrons. The van der Waals surface area contributed by atoms with Gasteiger partial charge in [0, 0.05) is 12.8 Å². The maximum absolute atomic E-state index is 12.0. The fourth-order valence-electron chi connectivity index (χ4n) is 2.53. The summed E-state index contributed by atoms with van der Waals surface area (Å²) >= 11 is 0. The number of alkyl halides is 2. The van der Waals surface area contributed by atoms with Crippen LogP contribution in [0.3, 0.4) is 0 Å². The normalized spacial score (nSPS) is 25.4. The van der Waals surface area contributed by atoms with Gasteiger partial charge in [-0.1, -0.05) is 0 Å². The van der Waals surface area contributed by atoms with Crippen LogP contribution in [0.1, 0.15) is 25.7 Å². The first-order valence-electron chi connectivity index (χ1n) is 6.15. The lowest BCUT2D eigenvalue weighted by atomic mass is 9.73. The van der Waals surface area contributed by atoms with Crippen LogP contribution in [0.2, 0.25) is 0 Å². The van der Waals surface area contributed by atoms with Crippen molar-refractivity contribution in [2.45, 2.75) is 37.9 Å². The van der Waals surface area contributed by atoms with Crippen molar-refractivity contribution >= 4 is 0 Å². The standard InChI is InChI=1S/C12H17F2NO3/c13-10(14)7-16-9-11(8-15)1-3-12(4-2-11)17-5-6-18-12/h10H,1-7,9H2. The maximum atomic E-state index is 12.0. The van der Waals surface area contributed by atoms with Gasteiger partial charge in [-0.2, -0.15) is 5.26 Å². The lowest BCUT2D eigenvalue weighted by molar-refractivity contribution is -0.191. The fourth-order valence-corrected chi connectivity index (χ4v) is 2.53. The van der Waals surface area contributed by atoms with Crippen molar-refractivity contribution in [3.05, 3.63) is 0 Å². The van der Waals surface area contributed by atoms with Gasteiger partial charge in [-0.15, -0.1) is 0 Å². The Hall–Kier alpha value is -0.770. The van der Waals surface area contributed by atoms with Crippen LogP contribution in [0.15, 0.2) is 0 Å². The Balaban J connectivity index is 1.85. The first kappa shape index (κ1) is 13.7. The van der Waals surface area contributed by atoms with E-state index in [0.717, 1.165) is 0 Å². The topological polar surface area (TPSA) is 51.5 Å². The van der Waals surface area contributed by atoms with Gasteiger partial charge >= 0.3 is 0 Å². The summed E-state index contributed by atoms with van der Waals surface area (Å²) < 4.78 is 40.1. The van der Waals surface area contributed by atoms with E-state index in [1.54, 1.807) is 0 Å². The second-order valence-corrected chi connectivity index (χ2v) is 4.91. The minimum absolute atomic E-state index is 0.0594. The van der Waals surface area contributed by atoms with Crippen LogP contribution >= 0.6 is 0 Å². The molecule has 2 aliphatic rings. The lowest BCUT2D eigenvalue weighted by Crippen LogP contribution is -2.41. The summed E-state index contributed by atoms with van der Waals surface area (Å²) in [6, 6.07) is 2.22. The minimum atomic E-state index is -2.49. The Morgan fingerprint density at radius 1 is 1.17 bits per heavy atom. The van der Waals surface area contributed by atoms with Gasteiger partial charge in [0.1, 0.15) is 6.61 Å². The van der Waals surface area contributed by atoms with Gasteiger partial charge in [-0.05, 0) is 12.8 Å². The van der Waals surface area contributed by atoms with Gasteiger partial charge in [0.25, 0.3) is 6.43 Å². The Morgan fingerprint density at radius 2 is 1.78 bits per heavy atom. The number of nitrogens with zero attached hydrogens (tertiary/aromatic N) is 1. The van der Waals surface area contributed by atoms with E-state index in [-0.39, 0.29) is 6.61 Å². The number of hydrogen-bond donors (Lipinski definition) is 0. The van der Waals surface area contributed by atoms with E-state index < -0.39 is 24.2 Å². The van der Waals surface area contributed by atoms with Crippen molar-refractivity contribution in [2.75, 3.05) is 26.4 Å². The van der Waals surface area contributed by atoms with Crippen LogP contribution < -0.4 is 0 Å². The molecule has 0 radical (unpaired) electrons. The monoisotopic (exact) mass is 261 g/mol. The lowest BCUT2D eigenvalue weighted by Gasteiger charge is -2.39. The molecule has 0 amide bonds. The summed E-state index contributed by atoms with van der Waals surface area (Å²) in [5.74, 6) is -0.539. The molecule has 0 aromatic rings. The number of halogens is 2. The molecule has 0 bridgehead atoms. The molecule has 0 atom stereocenters. The summed E-state index contributed by atoms with van der Waals surface area (Å²) in [7, 11) is 0. The molecule has 1 saturated heterocycles. The summed E-state index contributed by atoms with van der Waals surface area (Å²) in [6.07, 6.45) is -0.117. The highest BCUT2D eigenvalue weighted by atomic mass is 19.3. The largest absolute Gasteiger partial charge is 0.374 e. The van der Waals surface area contributed by atoms with Gasteiger partial charge in [-0.25, -0.2) is 8.78 Å². The van der Waals surface area contributed by atoms with Crippen LogP contribution in [0.5, 0.6) is 0 Å². The highest BCUT2D eigenvalue weighted by Crippen LogP contribution is 2.44. The van der Waals surface area contributed by atoms with E-state index >= 15 is 0 Å². The van der Waals surface area contributed by atoms with E-state index in [9.17, 15) is 14.0 Å². The molecule has 0 unspecified atom stereocenters. The molecule has 6 heteroatoms. The molecule has 2 rings (SSSR count). The highest BCUT2D eigenvalue weighted by molar-refractivity contribution is 5.04. The van der Waals surface area contributed by atoms with E-state index in [1.165, 1.54) is 0 Å². The van der Waals surface area contributed by atoms with Crippen LogP contribution in [-0.2, 0) is 14.2 Å². The molecule has 0 N–H and O–H groups in total. The molecule has 0 aromatic carbocycles. The zero-order valence-corrected chi connectivity index (χ0v) is 10.2. The Bertz CT molecular complexity index is 314. The van der Waals surface area contributed by atoms with E-state index in [4.69, 9.17) is 14.2 Å². The van der Waals surface area contributed by atoms with Gasteiger partial charge < -0.3 is 14.2 Å². The quantitative estimate of drug-likeness (QED) is 0.777. The molecule has 1 spiro atoms. The predicted molar refractivity (Wildman–Crippen MR) is 58.0 cm³/mol. The average molecular weight is 261 g/mol. The molecule has 1 heterocycles. The second-order valence-electron chi connectivity index (χ2n) is 4.91. The summed E-state index contributed by atoms with van der Waals surface area (Å²) in [4.78, 5) is 0. The first-order valence-corrected chi connectivity index (χ1v) is 6.15. The van der Waals surface area contributed by atoms with Crippen molar-refractivity contribution < 1.29 is 23.0 Å². The predicted octanol–water partition coefficient (Wildman–Crippen LogP) is 2.10. The molecule has 18 heavy (non-hydrogen) atoms. The van der Waals surface area contributed by atoms with Gasteiger partial charge in [0.2, 0.25) is 0 Å². The first-order chi connectivity index (χ1) is 8.60. The van der Waals surface area contributed by atoms with Crippen molar-refractivity contribution in [1.82, 2.24) is 0 Å². The molecule has 1 aliphatic carbocycles. The molecular weight excluding hydrogens is 244 g/mol. The Labute approximate surface area is 105 Å².